The number of aliphatic hydroxyl groups excluding tert-OH is 2. The molecule has 2 bridgehead atoms. The number of nitro groups is 2. The van der Waals surface area contributed by atoms with E-state index in [2.05, 4.69) is 9.80 Å². The van der Waals surface area contributed by atoms with E-state index in [1.54, 1.807) is 0 Å². The van der Waals surface area contributed by atoms with Crippen LogP contribution >= 0.6 is 23.2 Å². The van der Waals surface area contributed by atoms with Crippen LogP contribution < -0.4 is 0 Å². The summed E-state index contributed by atoms with van der Waals surface area (Å²) in [5.74, 6) is -1.99. The lowest BCUT2D eigenvalue weighted by Gasteiger charge is -2.41. The predicted octanol–water partition coefficient (Wildman–Crippen LogP) is 4.25. The van der Waals surface area contributed by atoms with Crippen molar-refractivity contribution in [2.24, 2.45) is 0 Å². The highest BCUT2D eigenvalue weighted by atomic mass is 35.5. The summed E-state index contributed by atoms with van der Waals surface area (Å²) < 4.78 is 27.9. The van der Waals surface area contributed by atoms with Crippen LogP contribution in [0.4, 0.5) is 20.2 Å². The van der Waals surface area contributed by atoms with Crippen molar-refractivity contribution < 1.29 is 28.8 Å². The topological polar surface area (TPSA) is 133 Å². The molecule has 2 aromatic carbocycles. The SMILES string of the molecule is C1CN2CCN1CC2.O=[N+]([O-])c1cc([C@H](O)CC[C@H](O)c2cc([N+](=O)[O-])c(Cl)cc2F)c(F)cc1Cl. The Hall–Kier alpha value is -2.48. The summed E-state index contributed by atoms with van der Waals surface area (Å²) in [6, 6.07) is 2.89. The first-order valence-corrected chi connectivity index (χ1v) is 11.8. The largest absolute Gasteiger partial charge is 0.388 e. The lowest BCUT2D eigenvalue weighted by Crippen LogP contribution is -2.55. The van der Waals surface area contributed by atoms with Crippen molar-refractivity contribution in [1.29, 1.82) is 0 Å². The zero-order valence-electron chi connectivity index (χ0n) is 18.9. The minimum atomic E-state index is -1.57. The molecule has 0 aliphatic carbocycles. The van der Waals surface area contributed by atoms with Crippen LogP contribution in [0.25, 0.3) is 0 Å². The van der Waals surface area contributed by atoms with Gasteiger partial charge in [-0.05, 0) is 25.0 Å². The first-order valence-electron chi connectivity index (χ1n) is 11.1. The van der Waals surface area contributed by atoms with Crippen molar-refractivity contribution in [2.45, 2.75) is 25.0 Å². The molecule has 14 heteroatoms. The summed E-state index contributed by atoms with van der Waals surface area (Å²) in [5.41, 5.74) is -2.08. The number of piperazine rings is 3. The van der Waals surface area contributed by atoms with Crippen molar-refractivity contribution in [3.05, 3.63) is 77.3 Å². The van der Waals surface area contributed by atoms with Crippen LogP contribution in [0.3, 0.4) is 0 Å². The van der Waals surface area contributed by atoms with Crippen molar-refractivity contribution >= 4 is 34.6 Å². The molecule has 3 aliphatic rings. The second kappa shape index (κ2) is 12.2. The van der Waals surface area contributed by atoms with Gasteiger partial charge in [-0.2, -0.15) is 0 Å². The van der Waals surface area contributed by atoms with Crippen molar-refractivity contribution in [3.8, 4) is 0 Å². The molecule has 3 aliphatic heterocycles. The van der Waals surface area contributed by atoms with Gasteiger partial charge in [0.2, 0.25) is 0 Å². The minimum absolute atomic E-state index is 0.327. The zero-order chi connectivity index (χ0) is 26.6. The fourth-order valence-electron chi connectivity index (χ4n) is 4.04. The zero-order valence-corrected chi connectivity index (χ0v) is 20.5. The van der Waals surface area contributed by atoms with Gasteiger partial charge in [-0.3, -0.25) is 30.0 Å². The Morgan fingerprint density at radius 2 is 1.06 bits per heavy atom. The highest BCUT2D eigenvalue weighted by Gasteiger charge is 2.25. The molecule has 0 unspecified atom stereocenters. The first kappa shape index (κ1) is 28.1. The van der Waals surface area contributed by atoms with Gasteiger partial charge in [0, 0.05) is 62.5 Å². The van der Waals surface area contributed by atoms with Gasteiger partial charge in [0.25, 0.3) is 11.4 Å². The molecule has 2 aromatic rings. The van der Waals surface area contributed by atoms with Gasteiger partial charge in [0.15, 0.2) is 0 Å². The fraction of sp³-hybridized carbons (Fsp3) is 0.455. The highest BCUT2D eigenvalue weighted by Crippen LogP contribution is 2.35. The van der Waals surface area contributed by atoms with Gasteiger partial charge in [-0.25, -0.2) is 8.78 Å². The molecule has 3 heterocycles. The second-order valence-corrected chi connectivity index (χ2v) is 9.27. The summed E-state index contributed by atoms with van der Waals surface area (Å²) in [6.07, 6.45) is -3.80. The average Bonchev–Trinajstić information content (AvgIpc) is 2.83. The number of aliphatic hydroxyl groups is 2. The quantitative estimate of drug-likeness (QED) is 0.387. The lowest BCUT2D eigenvalue weighted by molar-refractivity contribution is -0.385. The molecular weight excluding hydrogens is 525 g/mol. The van der Waals surface area contributed by atoms with Crippen molar-refractivity contribution in [3.63, 3.8) is 0 Å². The molecule has 0 spiro atoms. The van der Waals surface area contributed by atoms with Gasteiger partial charge < -0.3 is 10.2 Å². The Morgan fingerprint density at radius 1 is 0.750 bits per heavy atom. The number of nitrogens with zero attached hydrogens (tertiary/aromatic N) is 4. The monoisotopic (exact) mass is 548 g/mol. The molecule has 3 fully saturated rings. The third-order valence-corrected chi connectivity index (χ3v) is 6.76. The summed E-state index contributed by atoms with van der Waals surface area (Å²) >= 11 is 11.1. The molecule has 10 nitrogen and oxygen atoms in total. The van der Waals surface area contributed by atoms with E-state index in [1.807, 2.05) is 0 Å². The van der Waals surface area contributed by atoms with E-state index in [4.69, 9.17) is 23.2 Å². The Bertz CT molecular complexity index is 1040. The van der Waals surface area contributed by atoms with E-state index in [0.717, 1.165) is 12.1 Å². The summed E-state index contributed by atoms with van der Waals surface area (Å²) in [6.45, 7) is 7.92. The van der Waals surface area contributed by atoms with Crippen LogP contribution in [0.5, 0.6) is 0 Å². The number of hydrogen-bond donors (Lipinski definition) is 2. The molecule has 2 atom stereocenters. The van der Waals surface area contributed by atoms with Crippen LogP contribution in [0.15, 0.2) is 24.3 Å². The third-order valence-electron chi connectivity index (χ3n) is 6.15. The first-order chi connectivity index (χ1) is 17.0. The molecule has 196 valence electrons. The summed E-state index contributed by atoms with van der Waals surface area (Å²) in [5, 5.41) is 41.1. The van der Waals surface area contributed by atoms with Crippen molar-refractivity contribution in [2.75, 3.05) is 39.3 Å². The van der Waals surface area contributed by atoms with Crippen LogP contribution in [0.1, 0.15) is 36.2 Å². The predicted molar refractivity (Wildman–Crippen MR) is 128 cm³/mol. The molecule has 0 radical (unpaired) electrons. The number of fused-ring (bicyclic) bond motifs is 3. The average molecular weight is 549 g/mol. The Balaban J connectivity index is 0.000000375. The molecule has 2 N–H and O–H groups in total. The molecule has 3 saturated heterocycles. The van der Waals surface area contributed by atoms with Crippen LogP contribution in [0, 0.1) is 31.9 Å². The smallest absolute Gasteiger partial charge is 0.288 e. The Labute approximate surface area is 214 Å². The van der Waals surface area contributed by atoms with Gasteiger partial charge in [-0.1, -0.05) is 23.2 Å². The maximum Gasteiger partial charge on any atom is 0.288 e. The standard InChI is InChI=1S/C16H12Cl2F2N2O6.C6H12N2/c17-9-5-11(19)7(3-13(9)21(25)26)15(23)1-2-16(24)8-4-14(22(27)28)10(18)6-12(8)20;1-2-8-5-3-7(1)4-6-8/h3-6,15-16,23-24H,1-2H2;1-6H2/t15-,16+;. The molecule has 0 aromatic heterocycles. The third kappa shape index (κ3) is 6.84. The number of hydrogen-bond acceptors (Lipinski definition) is 8. The van der Waals surface area contributed by atoms with E-state index in [-0.39, 0.29) is 12.8 Å². The van der Waals surface area contributed by atoms with E-state index >= 15 is 0 Å². The number of nitro benzene ring substituents is 2. The molecule has 36 heavy (non-hydrogen) atoms. The molecular formula is C22H24Cl2F2N4O6. The second-order valence-electron chi connectivity index (χ2n) is 8.46. The molecule has 5 rings (SSSR count). The Kier molecular flexibility index (Phi) is 9.50. The highest BCUT2D eigenvalue weighted by molar-refractivity contribution is 6.33. The van der Waals surface area contributed by atoms with Crippen LogP contribution in [-0.4, -0.2) is 69.1 Å². The lowest BCUT2D eigenvalue weighted by atomic mass is 9.98. The van der Waals surface area contributed by atoms with Gasteiger partial charge in [-0.15, -0.1) is 0 Å². The van der Waals surface area contributed by atoms with Gasteiger partial charge in [0.1, 0.15) is 21.7 Å². The van der Waals surface area contributed by atoms with E-state index in [1.165, 1.54) is 39.3 Å². The number of benzene rings is 2. The molecule has 0 amide bonds. The minimum Gasteiger partial charge on any atom is -0.388 e. The molecule has 0 saturated carbocycles. The fourth-order valence-corrected chi connectivity index (χ4v) is 4.48. The van der Waals surface area contributed by atoms with Crippen LogP contribution in [0.2, 0.25) is 10.0 Å². The van der Waals surface area contributed by atoms with E-state index in [0.29, 0.717) is 12.1 Å². The summed E-state index contributed by atoms with van der Waals surface area (Å²) in [7, 11) is 0. The van der Waals surface area contributed by atoms with Crippen LogP contribution in [-0.2, 0) is 0 Å². The van der Waals surface area contributed by atoms with Crippen molar-refractivity contribution in [1.82, 2.24) is 9.80 Å². The Morgan fingerprint density at radius 3 is 1.31 bits per heavy atom. The normalized spacial score (nSPS) is 20.3. The van der Waals surface area contributed by atoms with Gasteiger partial charge in [0.05, 0.1) is 22.1 Å². The number of rotatable bonds is 7. The van der Waals surface area contributed by atoms with Gasteiger partial charge >= 0.3 is 0 Å². The maximum absolute atomic E-state index is 14.0. The van der Waals surface area contributed by atoms with E-state index < -0.39 is 66.2 Å². The van der Waals surface area contributed by atoms with E-state index in [9.17, 15) is 39.2 Å². The summed E-state index contributed by atoms with van der Waals surface area (Å²) in [4.78, 5) is 25.1. The number of halogens is 4. The maximum atomic E-state index is 14.0.